The Morgan fingerprint density at radius 1 is 1.19 bits per heavy atom. The van der Waals surface area contributed by atoms with Crippen molar-refractivity contribution < 1.29 is 9.47 Å². The average Bonchev–Trinajstić information content (AvgIpc) is 2.29. The highest BCUT2D eigenvalue weighted by atomic mass is 16.5. The molecule has 1 aliphatic rings. The van der Waals surface area contributed by atoms with Crippen LogP contribution < -0.4 is 15.2 Å². The van der Waals surface area contributed by atoms with Gasteiger partial charge in [-0.2, -0.15) is 5.26 Å². The molecule has 1 aromatic rings. The second kappa shape index (κ2) is 4.69. The molecule has 0 fully saturated rings. The molecule has 1 heterocycles. The predicted molar refractivity (Wildman–Crippen MR) is 59.2 cm³/mol. The number of nitriles is 1. The highest BCUT2D eigenvalue weighted by Gasteiger charge is 2.11. The molecule has 16 heavy (non-hydrogen) atoms. The Labute approximate surface area is 93.9 Å². The molecule has 0 aliphatic carbocycles. The van der Waals surface area contributed by atoms with Gasteiger partial charge in [-0.25, -0.2) is 0 Å². The van der Waals surface area contributed by atoms with Crippen LogP contribution in [0.5, 0.6) is 11.5 Å². The van der Waals surface area contributed by atoms with Crippen LogP contribution in [-0.2, 0) is 6.54 Å². The zero-order chi connectivity index (χ0) is 11.4. The van der Waals surface area contributed by atoms with Gasteiger partial charge >= 0.3 is 0 Å². The number of hydrogen-bond donors (Lipinski definition) is 1. The van der Waals surface area contributed by atoms with Crippen molar-refractivity contribution in [2.45, 2.75) is 6.54 Å². The molecule has 0 bridgehead atoms. The molecule has 0 unspecified atom stereocenters. The summed E-state index contributed by atoms with van der Waals surface area (Å²) in [5, 5.41) is 8.96. The van der Waals surface area contributed by atoms with Gasteiger partial charge in [0.25, 0.3) is 0 Å². The molecular formula is C12H12N2O2. The second-order valence-corrected chi connectivity index (χ2v) is 3.37. The first-order valence-corrected chi connectivity index (χ1v) is 5.03. The SMILES string of the molecule is N#Cc1cc2c(cc1CN)OCC=CCO2. The molecule has 1 aliphatic heterocycles. The third-order valence-corrected chi connectivity index (χ3v) is 2.35. The molecule has 82 valence electrons. The van der Waals surface area contributed by atoms with Crippen molar-refractivity contribution in [2.75, 3.05) is 13.2 Å². The second-order valence-electron chi connectivity index (χ2n) is 3.37. The van der Waals surface area contributed by atoms with Crippen molar-refractivity contribution in [1.82, 2.24) is 0 Å². The fourth-order valence-electron chi connectivity index (χ4n) is 1.51. The Hall–Kier alpha value is -1.99. The maximum Gasteiger partial charge on any atom is 0.163 e. The van der Waals surface area contributed by atoms with Crippen molar-refractivity contribution in [3.05, 3.63) is 35.4 Å². The molecule has 4 nitrogen and oxygen atoms in total. The van der Waals surface area contributed by atoms with Gasteiger partial charge in [0, 0.05) is 12.6 Å². The lowest BCUT2D eigenvalue weighted by Crippen LogP contribution is -2.07. The summed E-state index contributed by atoms with van der Waals surface area (Å²) in [4.78, 5) is 0. The Morgan fingerprint density at radius 3 is 2.38 bits per heavy atom. The summed E-state index contributed by atoms with van der Waals surface area (Å²) in [6.45, 7) is 1.31. The molecule has 0 radical (unpaired) electrons. The molecular weight excluding hydrogens is 204 g/mol. The molecule has 1 aromatic carbocycles. The van der Waals surface area contributed by atoms with Gasteiger partial charge in [-0.1, -0.05) is 0 Å². The summed E-state index contributed by atoms with van der Waals surface area (Å²) in [5.41, 5.74) is 6.88. The molecule has 0 spiro atoms. The van der Waals surface area contributed by atoms with E-state index >= 15 is 0 Å². The summed E-state index contributed by atoms with van der Waals surface area (Å²) in [6.07, 6.45) is 3.77. The number of nitrogens with two attached hydrogens (primary N) is 1. The zero-order valence-corrected chi connectivity index (χ0v) is 8.77. The molecule has 0 atom stereocenters. The number of benzene rings is 1. The van der Waals surface area contributed by atoms with E-state index in [1.54, 1.807) is 12.1 Å². The van der Waals surface area contributed by atoms with Crippen LogP contribution in [0.4, 0.5) is 0 Å². The molecule has 0 saturated carbocycles. The normalized spacial score (nSPS) is 13.8. The van der Waals surface area contributed by atoms with Crippen LogP contribution in [-0.4, -0.2) is 13.2 Å². The van der Waals surface area contributed by atoms with Gasteiger partial charge in [0.1, 0.15) is 13.2 Å². The van der Waals surface area contributed by atoms with Crippen molar-refractivity contribution in [2.24, 2.45) is 5.73 Å². The van der Waals surface area contributed by atoms with E-state index in [1.165, 1.54) is 0 Å². The van der Waals surface area contributed by atoms with Crippen LogP contribution in [0.15, 0.2) is 24.3 Å². The number of ether oxygens (including phenoxy) is 2. The third kappa shape index (κ3) is 2.00. The third-order valence-electron chi connectivity index (χ3n) is 2.35. The molecule has 0 saturated heterocycles. The number of fused-ring (bicyclic) bond motifs is 1. The minimum absolute atomic E-state index is 0.315. The standard InChI is InChI=1S/C12H12N2O2/c13-7-9-5-11-12(6-10(9)8-14)16-4-2-1-3-15-11/h1-2,5-6H,3-4,7,13H2. The fourth-order valence-corrected chi connectivity index (χ4v) is 1.51. The van der Waals surface area contributed by atoms with E-state index in [0.29, 0.717) is 36.8 Å². The van der Waals surface area contributed by atoms with Gasteiger partial charge < -0.3 is 15.2 Å². The summed E-state index contributed by atoms with van der Waals surface area (Å²) >= 11 is 0. The molecule has 0 amide bonds. The first-order valence-electron chi connectivity index (χ1n) is 5.03. The van der Waals surface area contributed by atoms with Crippen LogP contribution in [0.3, 0.4) is 0 Å². The van der Waals surface area contributed by atoms with E-state index in [2.05, 4.69) is 6.07 Å². The van der Waals surface area contributed by atoms with Crippen molar-refractivity contribution in [3.8, 4) is 17.6 Å². The largest absolute Gasteiger partial charge is 0.486 e. The quantitative estimate of drug-likeness (QED) is 0.719. The number of hydrogen-bond acceptors (Lipinski definition) is 4. The van der Waals surface area contributed by atoms with Gasteiger partial charge in [-0.05, 0) is 23.8 Å². The zero-order valence-electron chi connectivity index (χ0n) is 8.77. The lowest BCUT2D eigenvalue weighted by molar-refractivity contribution is 0.296. The molecule has 4 heteroatoms. The summed E-state index contributed by atoms with van der Waals surface area (Å²) < 4.78 is 11.0. The van der Waals surface area contributed by atoms with E-state index in [-0.39, 0.29) is 0 Å². The van der Waals surface area contributed by atoms with Crippen LogP contribution in [0.1, 0.15) is 11.1 Å². The summed E-state index contributed by atoms with van der Waals surface area (Å²) in [7, 11) is 0. The highest BCUT2D eigenvalue weighted by Crippen LogP contribution is 2.31. The topological polar surface area (TPSA) is 68.3 Å². The van der Waals surface area contributed by atoms with E-state index in [0.717, 1.165) is 5.56 Å². The van der Waals surface area contributed by atoms with Gasteiger partial charge in [-0.15, -0.1) is 0 Å². The lowest BCUT2D eigenvalue weighted by atomic mass is 10.1. The number of nitrogens with zero attached hydrogens (tertiary/aromatic N) is 1. The van der Waals surface area contributed by atoms with E-state index in [4.69, 9.17) is 20.5 Å². The molecule has 2 N–H and O–H groups in total. The average molecular weight is 216 g/mol. The first-order chi connectivity index (χ1) is 7.85. The maximum absolute atomic E-state index is 8.96. The number of rotatable bonds is 1. The van der Waals surface area contributed by atoms with Crippen LogP contribution in [0.2, 0.25) is 0 Å². The van der Waals surface area contributed by atoms with Gasteiger partial charge in [0.05, 0.1) is 11.6 Å². The van der Waals surface area contributed by atoms with Gasteiger partial charge in [-0.3, -0.25) is 0 Å². The van der Waals surface area contributed by atoms with Crippen LogP contribution in [0, 0.1) is 11.3 Å². The molecule has 0 aromatic heterocycles. The Morgan fingerprint density at radius 2 is 1.81 bits per heavy atom. The van der Waals surface area contributed by atoms with E-state index in [9.17, 15) is 0 Å². The van der Waals surface area contributed by atoms with Crippen molar-refractivity contribution in [1.29, 1.82) is 5.26 Å². The lowest BCUT2D eigenvalue weighted by Gasteiger charge is -2.15. The van der Waals surface area contributed by atoms with Gasteiger partial charge in [0.2, 0.25) is 0 Å². The van der Waals surface area contributed by atoms with Crippen LogP contribution in [0.25, 0.3) is 0 Å². The summed E-state index contributed by atoms with van der Waals surface area (Å²) in [6, 6.07) is 5.55. The monoisotopic (exact) mass is 216 g/mol. The first kappa shape index (κ1) is 10.5. The minimum Gasteiger partial charge on any atom is -0.486 e. The Bertz CT molecular complexity index is 461. The van der Waals surface area contributed by atoms with Crippen molar-refractivity contribution >= 4 is 0 Å². The minimum atomic E-state index is 0.315. The smallest absolute Gasteiger partial charge is 0.163 e. The fraction of sp³-hybridized carbons (Fsp3) is 0.250. The highest BCUT2D eigenvalue weighted by molar-refractivity contribution is 5.52. The van der Waals surface area contributed by atoms with Crippen molar-refractivity contribution in [3.63, 3.8) is 0 Å². The summed E-state index contributed by atoms with van der Waals surface area (Å²) in [5.74, 6) is 1.24. The van der Waals surface area contributed by atoms with E-state index < -0.39 is 0 Å². The van der Waals surface area contributed by atoms with Gasteiger partial charge in [0.15, 0.2) is 11.5 Å². The van der Waals surface area contributed by atoms with E-state index in [1.807, 2.05) is 12.2 Å². The molecule has 2 rings (SSSR count). The predicted octanol–water partition coefficient (Wildman–Crippen LogP) is 1.34. The maximum atomic E-state index is 8.96. The Kier molecular flexibility index (Phi) is 3.08. The Balaban J connectivity index is 2.44. The van der Waals surface area contributed by atoms with Crippen LogP contribution >= 0.6 is 0 Å².